The van der Waals surface area contributed by atoms with Crippen molar-refractivity contribution < 1.29 is 13.2 Å². The van der Waals surface area contributed by atoms with E-state index in [1.165, 1.54) is 4.90 Å². The second-order valence-electron chi connectivity index (χ2n) is 7.14. The second-order valence-corrected chi connectivity index (χ2v) is 9.18. The average molecular weight is 426 g/mol. The summed E-state index contributed by atoms with van der Waals surface area (Å²) in [6.45, 7) is 0.431. The molecule has 2 amide bonds. The van der Waals surface area contributed by atoms with Crippen molar-refractivity contribution in [1.82, 2.24) is 15.2 Å². The minimum atomic E-state index is -3.68. The fourth-order valence-corrected chi connectivity index (χ4v) is 4.53. The first-order valence-electron chi connectivity index (χ1n) is 9.21. The largest absolute Gasteiger partial charge is 0.382 e. The Labute approximate surface area is 171 Å². The molecule has 1 N–H and O–H groups in total. The minimum Gasteiger partial charge on any atom is -0.382 e. The summed E-state index contributed by atoms with van der Waals surface area (Å²) >= 11 is 5.74. The van der Waals surface area contributed by atoms with E-state index in [4.69, 9.17) is 12.2 Å². The highest BCUT2D eigenvalue weighted by atomic mass is 32.2. The molecule has 0 aromatic carbocycles. The lowest BCUT2D eigenvalue weighted by atomic mass is 9.61. The number of urea groups is 1. The van der Waals surface area contributed by atoms with Gasteiger partial charge in [0.2, 0.25) is 0 Å². The van der Waals surface area contributed by atoms with Crippen LogP contribution in [0.15, 0.2) is 34.2 Å². The Balaban J connectivity index is 2.20. The fraction of sp³-hybridized carbons (Fsp3) is 0.611. The van der Waals surface area contributed by atoms with E-state index in [2.05, 4.69) is 26.0 Å². The highest BCUT2D eigenvalue weighted by Gasteiger charge is 2.45. The number of carbonyl (C=O) groups is 1. The topological polar surface area (TPSA) is 104 Å². The van der Waals surface area contributed by atoms with Crippen LogP contribution in [0.2, 0.25) is 0 Å². The van der Waals surface area contributed by atoms with E-state index in [1.807, 2.05) is 19.3 Å². The first-order valence-corrected chi connectivity index (χ1v) is 11.5. The molecule has 1 aromatic rings. The number of hydrogen-bond donors (Lipinski definition) is 1. The summed E-state index contributed by atoms with van der Waals surface area (Å²) in [7, 11) is -0.246. The predicted octanol–water partition coefficient (Wildman–Crippen LogP) is 2.91. The molecular formula is C18H27N5O3S2. The summed E-state index contributed by atoms with van der Waals surface area (Å²) in [5.41, 5.74) is 0.763. The van der Waals surface area contributed by atoms with Crippen molar-refractivity contribution >= 4 is 33.3 Å². The Morgan fingerprint density at radius 1 is 1.46 bits per heavy atom. The predicted molar refractivity (Wildman–Crippen MR) is 112 cm³/mol. The Bertz CT molecular complexity index is 829. The van der Waals surface area contributed by atoms with Crippen LogP contribution in [-0.2, 0) is 15.4 Å². The Morgan fingerprint density at radius 2 is 2.21 bits per heavy atom. The molecule has 0 bridgehead atoms. The van der Waals surface area contributed by atoms with Crippen LogP contribution in [-0.4, -0.2) is 56.2 Å². The third-order valence-electron chi connectivity index (χ3n) is 5.29. The Hall–Kier alpha value is -1.94. The van der Waals surface area contributed by atoms with Crippen molar-refractivity contribution in [3.8, 4) is 0 Å². The number of rotatable bonds is 6. The van der Waals surface area contributed by atoms with E-state index in [0.29, 0.717) is 13.0 Å². The van der Waals surface area contributed by atoms with Crippen LogP contribution < -0.4 is 5.32 Å². The van der Waals surface area contributed by atoms with Gasteiger partial charge in [-0.3, -0.25) is 4.98 Å². The third kappa shape index (κ3) is 5.32. The minimum absolute atomic E-state index is 0.229. The van der Waals surface area contributed by atoms with Crippen molar-refractivity contribution in [2.75, 3.05) is 26.9 Å². The number of sulfonamides is 1. The zero-order valence-electron chi connectivity index (χ0n) is 16.5. The Kier molecular flexibility index (Phi) is 7.59. The van der Waals surface area contributed by atoms with Gasteiger partial charge < -0.3 is 10.2 Å². The molecule has 0 saturated heterocycles. The van der Waals surface area contributed by atoms with E-state index >= 15 is 0 Å². The smallest absolute Gasteiger partial charge is 0.362 e. The molecule has 2 atom stereocenters. The van der Waals surface area contributed by atoms with Crippen molar-refractivity contribution in [2.24, 2.45) is 15.6 Å². The number of amides is 2. The van der Waals surface area contributed by atoms with Crippen LogP contribution in [0.3, 0.4) is 0 Å². The van der Waals surface area contributed by atoms with E-state index in [9.17, 15) is 13.2 Å². The molecule has 1 fully saturated rings. The van der Waals surface area contributed by atoms with E-state index in [1.54, 1.807) is 13.2 Å². The molecular weight excluding hydrogens is 398 g/mol. The van der Waals surface area contributed by atoms with Crippen LogP contribution >= 0.6 is 12.2 Å². The molecule has 0 radical (unpaired) electrons. The number of nitrogens with zero attached hydrogens (tertiary/aromatic N) is 4. The van der Waals surface area contributed by atoms with Gasteiger partial charge in [-0.2, -0.15) is 0 Å². The molecule has 28 heavy (non-hydrogen) atoms. The number of nitrogens with one attached hydrogen (secondary N) is 1. The van der Waals surface area contributed by atoms with Gasteiger partial charge in [0.25, 0.3) is 10.0 Å². The highest BCUT2D eigenvalue weighted by Crippen LogP contribution is 2.46. The average Bonchev–Trinajstić information content (AvgIpc) is 2.69. The lowest BCUT2D eigenvalue weighted by Gasteiger charge is -2.45. The number of hydrogen-bond acceptors (Lipinski definition) is 5. The summed E-state index contributed by atoms with van der Waals surface area (Å²) in [6.07, 6.45) is 9.32. The summed E-state index contributed by atoms with van der Waals surface area (Å²) in [4.78, 5) is 18.5. The van der Waals surface area contributed by atoms with Crippen LogP contribution in [0.25, 0.3) is 0 Å². The van der Waals surface area contributed by atoms with Gasteiger partial charge in [0.1, 0.15) is 0 Å². The van der Waals surface area contributed by atoms with Gasteiger partial charge in [0.15, 0.2) is 0 Å². The molecule has 1 saturated carbocycles. The van der Waals surface area contributed by atoms with Gasteiger partial charge in [-0.15, -0.1) is 0 Å². The number of carbonyl (C=O) groups excluding carboxylic acids is 1. The summed E-state index contributed by atoms with van der Waals surface area (Å²) in [6, 6.07) is 3.30. The SMILES string of the molecule is CNC(=S)C1(c2cccnc2)CCCCC1CCN(C)C(=O)/N=N/S(C)(=O)=O. The van der Waals surface area contributed by atoms with Gasteiger partial charge in [0.05, 0.1) is 11.2 Å². The summed E-state index contributed by atoms with van der Waals surface area (Å²) in [5, 5.41) is 6.46. The molecule has 0 spiro atoms. The van der Waals surface area contributed by atoms with Crippen LogP contribution in [0.1, 0.15) is 37.7 Å². The van der Waals surface area contributed by atoms with Crippen molar-refractivity contribution in [3.05, 3.63) is 30.1 Å². The number of pyridine rings is 1. The van der Waals surface area contributed by atoms with Crippen molar-refractivity contribution in [2.45, 2.75) is 37.5 Å². The second kappa shape index (κ2) is 9.51. The molecule has 154 valence electrons. The van der Waals surface area contributed by atoms with Gasteiger partial charge >= 0.3 is 6.03 Å². The molecule has 0 aliphatic heterocycles. The Morgan fingerprint density at radius 3 is 2.82 bits per heavy atom. The number of aromatic nitrogens is 1. The van der Waals surface area contributed by atoms with Gasteiger partial charge in [-0.25, -0.2) is 13.2 Å². The van der Waals surface area contributed by atoms with Gasteiger partial charge in [0, 0.05) is 38.4 Å². The molecule has 1 aliphatic rings. The third-order valence-corrected chi connectivity index (χ3v) is 6.24. The zero-order chi connectivity index (χ0) is 20.8. The molecule has 1 aromatic heterocycles. The molecule has 10 heteroatoms. The van der Waals surface area contributed by atoms with Crippen molar-refractivity contribution in [1.29, 1.82) is 0 Å². The summed E-state index contributed by atoms with van der Waals surface area (Å²) in [5.74, 6) is 0.229. The normalized spacial score (nSPS) is 22.8. The molecule has 1 heterocycles. The van der Waals surface area contributed by atoms with Crippen LogP contribution in [0.4, 0.5) is 4.79 Å². The monoisotopic (exact) mass is 425 g/mol. The van der Waals surface area contributed by atoms with Crippen molar-refractivity contribution in [3.63, 3.8) is 0 Å². The zero-order valence-corrected chi connectivity index (χ0v) is 18.1. The maximum Gasteiger partial charge on any atom is 0.362 e. The first-order chi connectivity index (χ1) is 13.2. The van der Waals surface area contributed by atoms with E-state index < -0.39 is 16.1 Å². The van der Waals surface area contributed by atoms with E-state index in [-0.39, 0.29) is 11.3 Å². The highest BCUT2D eigenvalue weighted by molar-refractivity contribution is 7.89. The maximum atomic E-state index is 12.0. The maximum absolute atomic E-state index is 12.0. The quantitative estimate of drug-likeness (QED) is 0.555. The standard InChI is InChI=1S/C18H27N5O3S2/c1-19-16(27)18(15-8-6-11-20-13-15)10-5-4-7-14(18)9-12-23(2)17(24)21-22-28(3,25)26/h6,8,11,13-14H,4-5,7,9-10,12H2,1-3H3,(H,19,27)/b22-21+. The van der Waals surface area contributed by atoms with Crippen LogP contribution in [0.5, 0.6) is 0 Å². The van der Waals surface area contributed by atoms with E-state index in [0.717, 1.165) is 42.5 Å². The fourth-order valence-electron chi connectivity index (χ4n) is 3.93. The molecule has 8 nitrogen and oxygen atoms in total. The first kappa shape index (κ1) is 22.4. The lowest BCUT2D eigenvalue weighted by molar-refractivity contribution is 0.195. The molecule has 1 aliphatic carbocycles. The molecule has 2 rings (SSSR count). The van der Waals surface area contributed by atoms with Gasteiger partial charge in [-0.1, -0.05) is 40.8 Å². The van der Waals surface area contributed by atoms with Gasteiger partial charge in [-0.05, 0) is 36.8 Å². The van der Waals surface area contributed by atoms with Crippen LogP contribution in [0, 0.1) is 5.92 Å². The molecule has 2 unspecified atom stereocenters. The number of thiocarbonyl (C=S) groups is 1. The number of likely N-dealkylation sites (N-methyl/N-ethyl adjacent to an activating group) is 1. The summed E-state index contributed by atoms with van der Waals surface area (Å²) < 4.78 is 25.2. The lowest BCUT2D eigenvalue weighted by Crippen LogP contribution is -2.50.